The summed E-state index contributed by atoms with van der Waals surface area (Å²) in [5, 5.41) is 27.4. The number of aliphatic hydroxyl groups excluding tert-OH is 1. The predicted octanol–water partition coefficient (Wildman–Crippen LogP) is 5.21. The van der Waals surface area contributed by atoms with E-state index < -0.39 is 5.97 Å². The van der Waals surface area contributed by atoms with Crippen LogP contribution in [0.15, 0.2) is 54.6 Å². The summed E-state index contributed by atoms with van der Waals surface area (Å²) in [7, 11) is 0. The molecule has 1 heterocycles. The van der Waals surface area contributed by atoms with Crippen LogP contribution in [0.3, 0.4) is 0 Å². The van der Waals surface area contributed by atoms with Gasteiger partial charge in [0.2, 0.25) is 0 Å². The lowest BCUT2D eigenvalue weighted by Gasteiger charge is -2.18. The number of nitrogen functional groups attached to an aromatic ring is 1. The van der Waals surface area contributed by atoms with Crippen LogP contribution in [0, 0.1) is 11.2 Å². The van der Waals surface area contributed by atoms with Gasteiger partial charge in [0.05, 0.1) is 17.7 Å². The summed E-state index contributed by atoms with van der Waals surface area (Å²) in [6, 6.07) is 14.4. The monoisotopic (exact) mass is 475 g/mol. The van der Waals surface area contributed by atoms with E-state index in [-0.39, 0.29) is 30.5 Å². The lowest BCUT2D eigenvalue weighted by molar-refractivity contribution is 0.0696. The van der Waals surface area contributed by atoms with E-state index in [1.54, 1.807) is 24.3 Å². The van der Waals surface area contributed by atoms with E-state index in [9.17, 15) is 19.4 Å². The first-order valence-corrected chi connectivity index (χ1v) is 11.1. The molecule has 0 unspecified atom stereocenters. The number of fused-ring (bicyclic) bond motifs is 1. The largest absolute Gasteiger partial charge is 0.491 e. The number of carbonyl (C=O) groups is 1. The lowest BCUT2D eigenvalue weighted by atomic mass is 9.94. The molecule has 3 aromatic carbocycles. The molecule has 0 bridgehead atoms. The number of aromatic nitrogens is 1. The second kappa shape index (κ2) is 9.60. The second-order valence-electron chi connectivity index (χ2n) is 8.46. The van der Waals surface area contributed by atoms with Gasteiger partial charge in [0.15, 0.2) is 0 Å². The summed E-state index contributed by atoms with van der Waals surface area (Å²) in [6.45, 7) is 3.81. The van der Waals surface area contributed by atoms with Crippen molar-refractivity contribution in [1.82, 2.24) is 4.57 Å². The first-order chi connectivity index (χ1) is 16.8. The number of carboxylic acids is 1. The number of aromatic carboxylic acids is 1. The average molecular weight is 476 g/mol. The molecule has 0 saturated heterocycles. The maximum absolute atomic E-state index is 13.8. The third kappa shape index (κ3) is 4.36. The van der Waals surface area contributed by atoms with Crippen molar-refractivity contribution in [3.63, 3.8) is 0 Å². The zero-order valence-corrected chi connectivity index (χ0v) is 19.4. The normalized spacial score (nSPS) is 11.2. The van der Waals surface area contributed by atoms with Crippen molar-refractivity contribution in [2.45, 2.75) is 19.8 Å². The van der Waals surface area contributed by atoms with E-state index in [0.29, 0.717) is 22.6 Å². The minimum absolute atomic E-state index is 0.0101. The number of carboxylic acid groups (broad SMARTS) is 1. The Balaban J connectivity index is 2.15. The molecule has 0 aliphatic heterocycles. The molecule has 0 fully saturated rings. The van der Waals surface area contributed by atoms with Gasteiger partial charge in [-0.25, -0.2) is 9.18 Å². The van der Waals surface area contributed by atoms with Crippen molar-refractivity contribution in [2.24, 2.45) is 0 Å². The van der Waals surface area contributed by atoms with Crippen molar-refractivity contribution in [3.05, 3.63) is 77.2 Å². The molecule has 1 aromatic heterocycles. The van der Waals surface area contributed by atoms with E-state index in [4.69, 9.17) is 15.9 Å². The van der Waals surface area contributed by atoms with E-state index in [1.807, 2.05) is 24.5 Å². The van der Waals surface area contributed by atoms with E-state index in [0.717, 1.165) is 27.8 Å². The van der Waals surface area contributed by atoms with Crippen molar-refractivity contribution < 1.29 is 24.1 Å². The highest BCUT2D eigenvalue weighted by Gasteiger charge is 2.25. The van der Waals surface area contributed by atoms with Gasteiger partial charge >= 0.3 is 5.97 Å². The average Bonchev–Trinajstić information content (AvgIpc) is 3.16. The number of aliphatic hydroxyl groups is 1. The topological polar surface area (TPSA) is 122 Å². The number of hydrogen-bond donors (Lipinski definition) is 4. The lowest BCUT2D eigenvalue weighted by Crippen LogP contribution is -2.06. The van der Waals surface area contributed by atoms with Gasteiger partial charge in [0.1, 0.15) is 18.2 Å². The number of nitrogens with one attached hydrogen (secondary N) is 1. The zero-order chi connectivity index (χ0) is 25.3. The first-order valence-electron chi connectivity index (χ1n) is 11.1. The molecule has 0 spiro atoms. The van der Waals surface area contributed by atoms with Gasteiger partial charge in [-0.3, -0.25) is 0 Å². The Kier molecular flexibility index (Phi) is 6.57. The fraction of sp³-hybridized carbons (Fsp3) is 0.185. The number of nitrogens with two attached hydrogens (primary N) is 1. The Bertz CT molecular complexity index is 1430. The fourth-order valence-electron chi connectivity index (χ4n) is 4.35. The molecule has 0 aliphatic carbocycles. The molecular weight excluding hydrogens is 449 g/mol. The van der Waals surface area contributed by atoms with Crippen LogP contribution in [0.1, 0.15) is 41.4 Å². The van der Waals surface area contributed by atoms with Gasteiger partial charge in [-0.15, -0.1) is 0 Å². The highest BCUT2D eigenvalue weighted by molar-refractivity contribution is 6.05. The van der Waals surface area contributed by atoms with Gasteiger partial charge in [-0.1, -0.05) is 13.8 Å². The smallest absolute Gasteiger partial charge is 0.335 e. The summed E-state index contributed by atoms with van der Waals surface area (Å²) in [6.07, 6.45) is 1.18. The highest BCUT2D eigenvalue weighted by atomic mass is 19.1. The Morgan fingerprint density at radius 2 is 1.89 bits per heavy atom. The molecule has 0 aliphatic rings. The quantitative estimate of drug-likeness (QED) is 0.206. The number of nitrogens with zero attached hydrogens (tertiary/aromatic N) is 1. The van der Waals surface area contributed by atoms with Crippen molar-refractivity contribution >= 4 is 28.8 Å². The van der Waals surface area contributed by atoms with Crippen LogP contribution in [-0.4, -0.2) is 40.2 Å². The van der Waals surface area contributed by atoms with Crippen molar-refractivity contribution in [2.75, 3.05) is 18.9 Å². The molecule has 4 aromatic rings. The number of hydrogen-bond acceptors (Lipinski definition) is 5. The molecular formula is C27H26FN3O4. The van der Waals surface area contributed by atoms with Crippen LogP contribution in [0.2, 0.25) is 0 Å². The molecule has 0 amide bonds. The molecule has 5 N–H and O–H groups in total. The van der Waals surface area contributed by atoms with Gasteiger partial charge in [-0.05, 0) is 60.5 Å². The second-order valence-corrected chi connectivity index (χ2v) is 8.46. The minimum atomic E-state index is -1.09. The van der Waals surface area contributed by atoms with Gasteiger partial charge < -0.3 is 30.7 Å². The fourth-order valence-corrected chi connectivity index (χ4v) is 4.35. The number of rotatable bonds is 8. The summed E-state index contributed by atoms with van der Waals surface area (Å²) < 4.78 is 21.5. The molecule has 8 heteroatoms. The molecule has 0 saturated carbocycles. The summed E-state index contributed by atoms with van der Waals surface area (Å²) >= 11 is 0. The van der Waals surface area contributed by atoms with Gasteiger partial charge in [-0.2, -0.15) is 0 Å². The molecule has 180 valence electrons. The first kappa shape index (κ1) is 24.0. The van der Waals surface area contributed by atoms with Crippen molar-refractivity contribution in [3.8, 4) is 22.6 Å². The molecule has 0 radical (unpaired) electrons. The standard InChI is InChI=1S/C27H26FN3O4/c1-15(2)26-25(20-8-3-16(27(33)34)12-24(20)35-10-9-32)21-13-22(30)17(14-29)11-23(21)31(26)19-6-4-18(28)5-7-19/h3-8,11-15,29,32H,9-10,30H2,1-2H3,(H,33,34). The third-order valence-corrected chi connectivity index (χ3v) is 5.84. The Hall–Kier alpha value is -4.17. The van der Waals surface area contributed by atoms with Crippen LogP contribution < -0.4 is 10.5 Å². The maximum Gasteiger partial charge on any atom is 0.335 e. The highest BCUT2D eigenvalue weighted by Crippen LogP contribution is 2.45. The van der Waals surface area contributed by atoms with Crippen LogP contribution in [0.4, 0.5) is 10.1 Å². The van der Waals surface area contributed by atoms with Crippen molar-refractivity contribution in [1.29, 1.82) is 5.41 Å². The molecule has 35 heavy (non-hydrogen) atoms. The molecule has 4 rings (SSSR count). The number of ether oxygens (including phenoxy) is 1. The van der Waals surface area contributed by atoms with Gasteiger partial charge in [0.25, 0.3) is 0 Å². The predicted molar refractivity (Wildman–Crippen MR) is 135 cm³/mol. The van der Waals surface area contributed by atoms with E-state index >= 15 is 0 Å². The van der Waals surface area contributed by atoms with Gasteiger partial charge in [0, 0.05) is 45.4 Å². The SMILES string of the molecule is CC(C)c1c(-c2ccc(C(=O)O)cc2OCCO)c2cc(N)c(C=N)cc2n1-c1ccc(F)cc1. The van der Waals surface area contributed by atoms with Crippen LogP contribution in [0.5, 0.6) is 5.75 Å². The summed E-state index contributed by atoms with van der Waals surface area (Å²) in [4.78, 5) is 11.6. The number of halogens is 1. The van der Waals surface area contributed by atoms with E-state index in [1.165, 1.54) is 30.5 Å². The van der Waals surface area contributed by atoms with E-state index in [2.05, 4.69) is 0 Å². The number of anilines is 1. The Labute approximate surface area is 201 Å². The Morgan fingerprint density at radius 3 is 2.49 bits per heavy atom. The minimum Gasteiger partial charge on any atom is -0.491 e. The third-order valence-electron chi connectivity index (χ3n) is 5.84. The Morgan fingerprint density at radius 1 is 1.17 bits per heavy atom. The summed E-state index contributed by atoms with van der Waals surface area (Å²) in [5.74, 6) is -1.15. The van der Waals surface area contributed by atoms with Crippen LogP contribution >= 0.6 is 0 Å². The summed E-state index contributed by atoms with van der Waals surface area (Å²) in [5.41, 5.74) is 11.1. The zero-order valence-electron chi connectivity index (χ0n) is 19.4. The van der Waals surface area contributed by atoms with Crippen LogP contribution in [-0.2, 0) is 0 Å². The number of benzene rings is 3. The maximum atomic E-state index is 13.8. The molecule has 7 nitrogen and oxygen atoms in total. The molecule has 0 atom stereocenters. The van der Waals surface area contributed by atoms with Crippen LogP contribution in [0.25, 0.3) is 27.7 Å².